The lowest BCUT2D eigenvalue weighted by Gasteiger charge is -2.20. The Bertz CT molecular complexity index is 1000. The van der Waals surface area contributed by atoms with Gasteiger partial charge in [0.1, 0.15) is 5.82 Å². The number of nitrogens with zero attached hydrogens (tertiary/aromatic N) is 3. The van der Waals surface area contributed by atoms with Crippen LogP contribution in [0.5, 0.6) is 0 Å². The van der Waals surface area contributed by atoms with Gasteiger partial charge in [-0.15, -0.1) is 0 Å². The van der Waals surface area contributed by atoms with Gasteiger partial charge in [0.2, 0.25) is 5.95 Å². The number of fused-ring (bicyclic) bond motifs is 3. The molecule has 1 aliphatic rings. The third-order valence-electron chi connectivity index (χ3n) is 3.94. The summed E-state index contributed by atoms with van der Waals surface area (Å²) in [6.07, 6.45) is 0.794. The summed E-state index contributed by atoms with van der Waals surface area (Å²) >= 11 is 12.1. The van der Waals surface area contributed by atoms with E-state index in [1.807, 2.05) is 18.2 Å². The molecule has 0 saturated carbocycles. The van der Waals surface area contributed by atoms with Crippen LogP contribution in [0.25, 0.3) is 11.4 Å². The summed E-state index contributed by atoms with van der Waals surface area (Å²) < 4.78 is 1.59. The summed E-state index contributed by atoms with van der Waals surface area (Å²) in [5, 5.41) is 3.96. The minimum atomic E-state index is -0.331. The van der Waals surface area contributed by atoms with Gasteiger partial charge < -0.3 is 5.32 Å². The normalized spacial score (nSPS) is 12.4. The van der Waals surface area contributed by atoms with Gasteiger partial charge in [0.05, 0.1) is 10.7 Å². The van der Waals surface area contributed by atoms with Crippen LogP contribution in [0.3, 0.4) is 0 Å². The SMILES string of the molecule is O=c1nc(Nc2ccc(Cl)cc2Cl)nc2n1CCc1ccccc1-2. The average Bonchev–Trinajstić information content (AvgIpc) is 2.57. The predicted octanol–water partition coefficient (Wildman–Crippen LogP) is 3.91. The number of aryl methyl sites for hydroxylation is 1. The molecule has 24 heavy (non-hydrogen) atoms. The predicted molar refractivity (Wildman–Crippen MR) is 95.2 cm³/mol. The van der Waals surface area contributed by atoms with Crippen molar-refractivity contribution in [2.45, 2.75) is 13.0 Å². The van der Waals surface area contributed by atoms with Crippen molar-refractivity contribution >= 4 is 34.8 Å². The van der Waals surface area contributed by atoms with Crippen molar-refractivity contribution in [1.82, 2.24) is 14.5 Å². The third-order valence-corrected chi connectivity index (χ3v) is 4.49. The van der Waals surface area contributed by atoms with Gasteiger partial charge in [0, 0.05) is 17.1 Å². The zero-order valence-electron chi connectivity index (χ0n) is 12.5. The molecule has 0 spiro atoms. The first kappa shape index (κ1) is 15.2. The van der Waals surface area contributed by atoms with Crippen LogP contribution < -0.4 is 11.0 Å². The van der Waals surface area contributed by atoms with E-state index < -0.39 is 0 Å². The molecular weight excluding hydrogens is 347 g/mol. The van der Waals surface area contributed by atoms with E-state index in [-0.39, 0.29) is 11.6 Å². The van der Waals surface area contributed by atoms with E-state index in [0.717, 1.165) is 12.0 Å². The quantitative estimate of drug-likeness (QED) is 0.754. The zero-order valence-corrected chi connectivity index (χ0v) is 14.0. The maximum Gasteiger partial charge on any atom is 0.352 e. The first-order chi connectivity index (χ1) is 11.6. The minimum absolute atomic E-state index is 0.215. The maximum atomic E-state index is 12.3. The molecule has 120 valence electrons. The fourth-order valence-corrected chi connectivity index (χ4v) is 3.25. The van der Waals surface area contributed by atoms with E-state index in [1.165, 1.54) is 5.56 Å². The van der Waals surface area contributed by atoms with E-state index in [0.29, 0.717) is 28.1 Å². The van der Waals surface area contributed by atoms with E-state index >= 15 is 0 Å². The highest BCUT2D eigenvalue weighted by Gasteiger charge is 2.19. The van der Waals surface area contributed by atoms with Crippen LogP contribution in [0.2, 0.25) is 10.0 Å². The summed E-state index contributed by atoms with van der Waals surface area (Å²) in [5.41, 5.74) is 2.39. The van der Waals surface area contributed by atoms with Gasteiger partial charge in [0.15, 0.2) is 0 Å². The molecule has 0 fully saturated rings. The van der Waals surface area contributed by atoms with Crippen LogP contribution >= 0.6 is 23.2 Å². The van der Waals surface area contributed by atoms with Gasteiger partial charge in [-0.25, -0.2) is 4.79 Å². The van der Waals surface area contributed by atoms with E-state index in [9.17, 15) is 4.79 Å². The van der Waals surface area contributed by atoms with Gasteiger partial charge >= 0.3 is 5.69 Å². The second-order valence-corrected chi connectivity index (χ2v) is 6.30. The van der Waals surface area contributed by atoms with Crippen LogP contribution in [0.4, 0.5) is 11.6 Å². The Hall–Kier alpha value is -2.37. The Morgan fingerprint density at radius 1 is 1.08 bits per heavy atom. The van der Waals surface area contributed by atoms with Crippen molar-refractivity contribution in [3.63, 3.8) is 0 Å². The van der Waals surface area contributed by atoms with Crippen molar-refractivity contribution in [2.75, 3.05) is 5.32 Å². The summed E-state index contributed by atoms with van der Waals surface area (Å²) in [5.74, 6) is 0.830. The van der Waals surface area contributed by atoms with Crippen LogP contribution in [-0.4, -0.2) is 14.5 Å². The summed E-state index contributed by atoms with van der Waals surface area (Å²) in [4.78, 5) is 20.9. The van der Waals surface area contributed by atoms with Crippen molar-refractivity contribution in [3.8, 4) is 11.4 Å². The topological polar surface area (TPSA) is 59.8 Å². The van der Waals surface area contributed by atoms with E-state index in [4.69, 9.17) is 23.2 Å². The maximum absolute atomic E-state index is 12.3. The molecule has 3 aromatic rings. The fraction of sp³-hybridized carbons (Fsp3) is 0.118. The van der Waals surface area contributed by atoms with Crippen LogP contribution in [-0.2, 0) is 13.0 Å². The number of anilines is 2. The number of rotatable bonds is 2. The summed E-state index contributed by atoms with van der Waals surface area (Å²) in [6.45, 7) is 0.577. The van der Waals surface area contributed by atoms with Crippen molar-refractivity contribution in [2.24, 2.45) is 0 Å². The number of hydrogen-bond acceptors (Lipinski definition) is 4. The van der Waals surface area contributed by atoms with Crippen LogP contribution in [0.1, 0.15) is 5.56 Å². The van der Waals surface area contributed by atoms with Gasteiger partial charge in [-0.05, 0) is 30.2 Å². The molecular formula is C17H12Cl2N4O. The fourth-order valence-electron chi connectivity index (χ4n) is 2.79. The Kier molecular flexibility index (Phi) is 3.75. The first-order valence-corrected chi connectivity index (χ1v) is 8.16. The van der Waals surface area contributed by atoms with Crippen molar-refractivity contribution in [1.29, 1.82) is 0 Å². The standard InChI is InChI=1S/C17H12Cl2N4O/c18-11-5-6-14(13(19)9-11)20-16-21-15-12-4-2-1-3-10(12)7-8-23(15)17(24)22-16/h1-6,9H,7-8H2,(H,20,22,24). The minimum Gasteiger partial charge on any atom is -0.323 e. The van der Waals surface area contributed by atoms with Gasteiger partial charge in [-0.2, -0.15) is 9.97 Å². The number of halogens is 2. The molecule has 5 nitrogen and oxygen atoms in total. The highest BCUT2D eigenvalue weighted by atomic mass is 35.5. The molecule has 0 bridgehead atoms. The van der Waals surface area contributed by atoms with E-state index in [1.54, 1.807) is 22.8 Å². The molecule has 1 aromatic heterocycles. The van der Waals surface area contributed by atoms with Crippen LogP contribution in [0.15, 0.2) is 47.3 Å². The molecule has 2 aromatic carbocycles. The molecule has 4 rings (SSSR count). The lowest BCUT2D eigenvalue weighted by atomic mass is 10.0. The van der Waals surface area contributed by atoms with Crippen LogP contribution in [0, 0.1) is 0 Å². The summed E-state index contributed by atoms with van der Waals surface area (Å²) in [6, 6.07) is 13.0. The molecule has 0 atom stereocenters. The molecule has 1 N–H and O–H groups in total. The molecule has 2 heterocycles. The second-order valence-electron chi connectivity index (χ2n) is 5.46. The average molecular weight is 359 g/mol. The Labute approximate surface area is 147 Å². The number of nitrogens with one attached hydrogen (secondary N) is 1. The molecule has 1 aliphatic heterocycles. The zero-order chi connectivity index (χ0) is 16.7. The smallest absolute Gasteiger partial charge is 0.323 e. The van der Waals surface area contributed by atoms with Crippen molar-refractivity contribution < 1.29 is 0 Å². The number of aromatic nitrogens is 3. The van der Waals surface area contributed by atoms with Gasteiger partial charge in [-0.1, -0.05) is 47.5 Å². The van der Waals surface area contributed by atoms with Gasteiger partial charge in [0.25, 0.3) is 0 Å². The molecule has 0 radical (unpaired) electrons. The van der Waals surface area contributed by atoms with E-state index in [2.05, 4.69) is 21.4 Å². The first-order valence-electron chi connectivity index (χ1n) is 7.41. The molecule has 0 aliphatic carbocycles. The lowest BCUT2D eigenvalue weighted by Crippen LogP contribution is -2.30. The Balaban J connectivity index is 1.80. The molecule has 7 heteroatoms. The second kappa shape index (κ2) is 5.92. The Morgan fingerprint density at radius 3 is 2.75 bits per heavy atom. The number of hydrogen-bond donors (Lipinski definition) is 1. The Morgan fingerprint density at radius 2 is 1.92 bits per heavy atom. The van der Waals surface area contributed by atoms with Gasteiger partial charge in [-0.3, -0.25) is 4.57 Å². The largest absolute Gasteiger partial charge is 0.352 e. The molecule has 0 amide bonds. The third kappa shape index (κ3) is 2.66. The van der Waals surface area contributed by atoms with Crippen molar-refractivity contribution in [3.05, 3.63) is 68.6 Å². The highest BCUT2D eigenvalue weighted by Crippen LogP contribution is 2.29. The number of benzene rings is 2. The molecule has 0 unspecified atom stereocenters. The highest BCUT2D eigenvalue weighted by molar-refractivity contribution is 6.36. The summed E-state index contributed by atoms with van der Waals surface area (Å²) in [7, 11) is 0. The monoisotopic (exact) mass is 358 g/mol. The molecule has 0 saturated heterocycles. The lowest BCUT2D eigenvalue weighted by molar-refractivity contribution is 0.625.